The Hall–Kier alpha value is -1.93. The third kappa shape index (κ3) is 2.02. The van der Waals surface area contributed by atoms with E-state index in [4.69, 9.17) is 4.74 Å². The summed E-state index contributed by atoms with van der Waals surface area (Å²) in [5.41, 5.74) is 1.49. The molecule has 3 atom stereocenters. The Labute approximate surface area is 128 Å². The van der Waals surface area contributed by atoms with E-state index in [1.165, 1.54) is 15.4 Å². The molecule has 2 heteroatoms. The Morgan fingerprint density at radius 1 is 0.905 bits per heavy atom. The molecule has 0 saturated carbocycles. The summed E-state index contributed by atoms with van der Waals surface area (Å²) in [6.07, 6.45) is 9.09. The molecule has 104 valence electrons. The highest BCUT2D eigenvalue weighted by atomic mass is 32.2. The summed E-state index contributed by atoms with van der Waals surface area (Å²) in [6, 6.07) is 17.5. The molecule has 2 aromatic carbocycles. The van der Waals surface area contributed by atoms with Gasteiger partial charge in [0.2, 0.25) is 0 Å². The Bertz CT molecular complexity index is 715. The summed E-state index contributed by atoms with van der Waals surface area (Å²) in [6.45, 7) is 0. The second kappa shape index (κ2) is 5.12. The molecule has 1 aliphatic heterocycles. The van der Waals surface area contributed by atoms with Gasteiger partial charge in [-0.25, -0.2) is 0 Å². The molecule has 21 heavy (non-hydrogen) atoms. The van der Waals surface area contributed by atoms with Gasteiger partial charge >= 0.3 is 0 Å². The van der Waals surface area contributed by atoms with Crippen molar-refractivity contribution in [2.45, 2.75) is 21.0 Å². The highest BCUT2D eigenvalue weighted by Gasteiger charge is 2.48. The highest BCUT2D eigenvalue weighted by Crippen LogP contribution is 2.47. The Morgan fingerprint density at radius 2 is 1.67 bits per heavy atom. The molecular weight excluding hydrogens is 276 g/mol. The van der Waals surface area contributed by atoms with E-state index in [0.717, 1.165) is 5.75 Å². The SMILES string of the molecule is COc1ccc([S+]2c3ccccc3C3C=CC=CC32)cc1. The van der Waals surface area contributed by atoms with Gasteiger partial charge in [0.05, 0.1) is 23.9 Å². The molecule has 1 heterocycles. The summed E-state index contributed by atoms with van der Waals surface area (Å²) in [5, 5.41) is 0.556. The molecule has 0 radical (unpaired) electrons. The lowest BCUT2D eigenvalue weighted by Gasteiger charge is -2.14. The lowest BCUT2D eigenvalue weighted by Crippen LogP contribution is -2.19. The van der Waals surface area contributed by atoms with Crippen molar-refractivity contribution in [3.8, 4) is 5.75 Å². The second-order valence-electron chi connectivity index (χ2n) is 5.31. The van der Waals surface area contributed by atoms with Gasteiger partial charge in [0.1, 0.15) is 5.75 Å². The van der Waals surface area contributed by atoms with Gasteiger partial charge in [-0.05, 0) is 36.4 Å². The van der Waals surface area contributed by atoms with Crippen LogP contribution in [0.4, 0.5) is 0 Å². The highest BCUT2D eigenvalue weighted by molar-refractivity contribution is 7.98. The van der Waals surface area contributed by atoms with Gasteiger partial charge in [-0.1, -0.05) is 36.4 Å². The number of rotatable bonds is 2. The number of allylic oxidation sites excluding steroid dienone is 3. The molecule has 0 N–H and O–H groups in total. The maximum absolute atomic E-state index is 5.29. The van der Waals surface area contributed by atoms with Crippen LogP contribution >= 0.6 is 0 Å². The van der Waals surface area contributed by atoms with Crippen molar-refractivity contribution in [1.29, 1.82) is 0 Å². The van der Waals surface area contributed by atoms with E-state index < -0.39 is 0 Å². The minimum absolute atomic E-state index is 0.114. The monoisotopic (exact) mass is 293 g/mol. The van der Waals surface area contributed by atoms with Gasteiger partial charge < -0.3 is 4.74 Å². The summed E-state index contributed by atoms with van der Waals surface area (Å²) in [5.74, 6) is 1.45. The molecule has 2 aliphatic rings. The first-order chi connectivity index (χ1) is 10.4. The number of benzene rings is 2. The van der Waals surface area contributed by atoms with E-state index in [0.29, 0.717) is 11.2 Å². The summed E-state index contributed by atoms with van der Waals surface area (Å²) in [7, 11) is 1.83. The van der Waals surface area contributed by atoms with Crippen LogP contribution in [0.2, 0.25) is 0 Å². The van der Waals surface area contributed by atoms with E-state index in [1.54, 1.807) is 7.11 Å². The zero-order valence-corrected chi connectivity index (χ0v) is 12.7. The fourth-order valence-electron chi connectivity index (χ4n) is 3.20. The fourth-order valence-corrected chi connectivity index (χ4v) is 5.95. The summed E-state index contributed by atoms with van der Waals surface area (Å²) < 4.78 is 5.29. The molecule has 3 unspecified atom stereocenters. The topological polar surface area (TPSA) is 9.23 Å². The van der Waals surface area contributed by atoms with E-state index in [-0.39, 0.29) is 10.9 Å². The molecule has 0 amide bonds. The van der Waals surface area contributed by atoms with Crippen LogP contribution in [0, 0.1) is 0 Å². The van der Waals surface area contributed by atoms with Crippen LogP contribution in [0.5, 0.6) is 5.75 Å². The molecule has 0 fully saturated rings. The van der Waals surface area contributed by atoms with E-state index in [2.05, 4.69) is 72.8 Å². The Morgan fingerprint density at radius 3 is 2.48 bits per heavy atom. The van der Waals surface area contributed by atoms with Gasteiger partial charge in [-0.2, -0.15) is 0 Å². The van der Waals surface area contributed by atoms with Crippen LogP contribution in [0.1, 0.15) is 11.5 Å². The molecule has 1 nitrogen and oxygen atoms in total. The molecule has 0 saturated heterocycles. The minimum atomic E-state index is 0.114. The van der Waals surface area contributed by atoms with Crippen molar-refractivity contribution in [2.24, 2.45) is 0 Å². The zero-order valence-electron chi connectivity index (χ0n) is 11.9. The van der Waals surface area contributed by atoms with Crippen molar-refractivity contribution < 1.29 is 4.74 Å². The fraction of sp³-hybridized carbons (Fsp3) is 0.158. The summed E-state index contributed by atoms with van der Waals surface area (Å²) >= 11 is 0. The van der Waals surface area contributed by atoms with E-state index in [9.17, 15) is 0 Å². The number of ether oxygens (including phenoxy) is 1. The minimum Gasteiger partial charge on any atom is -0.497 e. The standard InChI is InChI=1S/C19H17OS/c1-20-14-10-12-15(13-11-14)21-18-8-4-2-6-16(18)17-7-3-5-9-19(17)21/h2-13,16,18H,1H3/q+1. The molecule has 2 aromatic rings. The van der Waals surface area contributed by atoms with Crippen LogP contribution in [0.25, 0.3) is 0 Å². The van der Waals surface area contributed by atoms with Crippen LogP contribution in [-0.4, -0.2) is 12.4 Å². The summed E-state index contributed by atoms with van der Waals surface area (Å²) in [4.78, 5) is 2.89. The van der Waals surface area contributed by atoms with Gasteiger partial charge in [0.15, 0.2) is 15.0 Å². The lowest BCUT2D eigenvalue weighted by atomic mass is 9.93. The number of hydrogen-bond donors (Lipinski definition) is 0. The normalized spacial score (nSPS) is 25.5. The van der Waals surface area contributed by atoms with E-state index >= 15 is 0 Å². The molecule has 0 aromatic heterocycles. The van der Waals surface area contributed by atoms with Crippen LogP contribution in [0.15, 0.2) is 82.6 Å². The molecule has 1 aliphatic carbocycles. The maximum atomic E-state index is 5.29. The molecule has 0 spiro atoms. The van der Waals surface area contributed by atoms with Gasteiger partial charge in [0, 0.05) is 5.56 Å². The quantitative estimate of drug-likeness (QED) is 0.749. The van der Waals surface area contributed by atoms with Gasteiger partial charge in [-0.15, -0.1) is 0 Å². The molecular formula is C19H17OS+. The third-order valence-corrected chi connectivity index (χ3v) is 6.81. The lowest BCUT2D eigenvalue weighted by molar-refractivity contribution is 0.414. The third-order valence-electron chi connectivity index (χ3n) is 4.18. The average Bonchev–Trinajstić information content (AvgIpc) is 2.90. The van der Waals surface area contributed by atoms with Crippen molar-refractivity contribution in [3.05, 3.63) is 78.4 Å². The van der Waals surface area contributed by atoms with Gasteiger partial charge in [0.25, 0.3) is 0 Å². The maximum Gasteiger partial charge on any atom is 0.165 e. The smallest absolute Gasteiger partial charge is 0.165 e. The van der Waals surface area contributed by atoms with Crippen molar-refractivity contribution in [2.75, 3.05) is 7.11 Å². The first-order valence-corrected chi connectivity index (χ1v) is 8.48. The Balaban J connectivity index is 1.83. The van der Waals surface area contributed by atoms with E-state index in [1.807, 2.05) is 0 Å². The average molecular weight is 293 g/mol. The molecule has 0 bridgehead atoms. The second-order valence-corrected chi connectivity index (χ2v) is 7.44. The molecule has 4 rings (SSSR count). The largest absolute Gasteiger partial charge is 0.497 e. The van der Waals surface area contributed by atoms with Crippen LogP contribution in [0.3, 0.4) is 0 Å². The number of methoxy groups -OCH3 is 1. The zero-order chi connectivity index (χ0) is 14.2. The van der Waals surface area contributed by atoms with Crippen LogP contribution < -0.4 is 4.74 Å². The number of hydrogen-bond acceptors (Lipinski definition) is 1. The predicted octanol–water partition coefficient (Wildman–Crippen LogP) is 4.32. The van der Waals surface area contributed by atoms with Crippen molar-refractivity contribution in [1.82, 2.24) is 0 Å². The van der Waals surface area contributed by atoms with Crippen molar-refractivity contribution >= 4 is 10.9 Å². The number of fused-ring (bicyclic) bond motifs is 3. The predicted molar refractivity (Wildman–Crippen MR) is 88.1 cm³/mol. The van der Waals surface area contributed by atoms with Crippen LogP contribution in [-0.2, 0) is 10.9 Å². The van der Waals surface area contributed by atoms with Crippen molar-refractivity contribution in [3.63, 3.8) is 0 Å². The van der Waals surface area contributed by atoms with Gasteiger partial charge in [-0.3, -0.25) is 0 Å². The first kappa shape index (κ1) is 12.8. The first-order valence-electron chi connectivity index (χ1n) is 7.19. The Kier molecular flexibility index (Phi) is 3.12.